The van der Waals surface area contributed by atoms with Gasteiger partial charge in [-0.1, -0.05) is 12.1 Å². The maximum Gasteiger partial charge on any atom is 0.223 e. The fourth-order valence-corrected chi connectivity index (χ4v) is 3.67. The number of hydrogen-bond acceptors (Lipinski definition) is 6. The van der Waals surface area contributed by atoms with Crippen LogP contribution in [-0.4, -0.2) is 34.5 Å². The summed E-state index contributed by atoms with van der Waals surface area (Å²) < 4.78 is 24.7. The maximum atomic E-state index is 11.7. The largest absolute Gasteiger partial charge is 0.493 e. The fourth-order valence-electron chi connectivity index (χ4n) is 2.77. The summed E-state index contributed by atoms with van der Waals surface area (Å²) in [7, 11) is -3.38. The molecule has 0 saturated carbocycles. The number of rotatable bonds is 3. The van der Waals surface area contributed by atoms with Gasteiger partial charge in [0.05, 0.1) is 33.5 Å². The van der Waals surface area contributed by atoms with Gasteiger partial charge in [-0.3, -0.25) is 0 Å². The second-order valence-electron chi connectivity index (χ2n) is 5.91. The lowest BCUT2D eigenvalue weighted by molar-refractivity contribution is 0.433. The first-order valence-corrected chi connectivity index (χ1v) is 9.58. The van der Waals surface area contributed by atoms with Gasteiger partial charge >= 0.3 is 0 Å². The summed E-state index contributed by atoms with van der Waals surface area (Å²) in [4.78, 5) is 4.40. The molecule has 0 unspecified atom stereocenters. The molecule has 3 aromatic rings. The number of benzene rings is 1. The highest BCUT2D eigenvalue weighted by molar-refractivity contribution is 7.90. The molecule has 8 heteroatoms. The lowest BCUT2D eigenvalue weighted by Crippen LogP contribution is -2.06. The molecule has 0 spiro atoms. The maximum absolute atomic E-state index is 11.7. The van der Waals surface area contributed by atoms with E-state index in [1.54, 1.807) is 38.1 Å². The molecule has 1 N–H and O–H groups in total. The zero-order chi connectivity index (χ0) is 19.1. The van der Waals surface area contributed by atoms with Crippen LogP contribution in [0.3, 0.4) is 0 Å². The van der Waals surface area contributed by atoms with E-state index in [1.165, 1.54) is 16.8 Å². The standard InChI is InChI=1S/C18H16N4O3S/c1-11-15(26(3,24)25)8-9-16(20-11)22-18(23)17(12(2)21-22)14-6-4-13(10-19)5-7-14/h4-9,23H,1-3H3. The highest BCUT2D eigenvalue weighted by Crippen LogP contribution is 2.34. The van der Waals surface area contributed by atoms with Crippen molar-refractivity contribution in [3.05, 3.63) is 53.3 Å². The number of nitriles is 1. The highest BCUT2D eigenvalue weighted by Gasteiger charge is 2.19. The van der Waals surface area contributed by atoms with Gasteiger partial charge in [0.25, 0.3) is 0 Å². The predicted octanol–water partition coefficient (Wildman–Crippen LogP) is 2.53. The van der Waals surface area contributed by atoms with Crippen molar-refractivity contribution in [2.45, 2.75) is 18.7 Å². The van der Waals surface area contributed by atoms with Crippen LogP contribution in [-0.2, 0) is 9.84 Å². The van der Waals surface area contributed by atoms with Gasteiger partial charge < -0.3 is 5.11 Å². The number of hydrogen-bond donors (Lipinski definition) is 1. The average molecular weight is 368 g/mol. The Kier molecular flexibility index (Phi) is 4.26. The molecule has 7 nitrogen and oxygen atoms in total. The van der Waals surface area contributed by atoms with Crippen LogP contribution >= 0.6 is 0 Å². The van der Waals surface area contributed by atoms with Gasteiger partial charge in [0.2, 0.25) is 5.88 Å². The van der Waals surface area contributed by atoms with Crippen molar-refractivity contribution in [2.24, 2.45) is 0 Å². The van der Waals surface area contributed by atoms with Gasteiger partial charge in [0, 0.05) is 6.26 Å². The molecule has 0 saturated heterocycles. The monoisotopic (exact) mass is 368 g/mol. The van der Waals surface area contributed by atoms with Crippen molar-refractivity contribution in [1.82, 2.24) is 14.8 Å². The Morgan fingerprint density at radius 2 is 1.73 bits per heavy atom. The van der Waals surface area contributed by atoms with Crippen molar-refractivity contribution in [2.75, 3.05) is 6.26 Å². The van der Waals surface area contributed by atoms with Crippen LogP contribution < -0.4 is 0 Å². The van der Waals surface area contributed by atoms with Crippen LogP contribution in [0.2, 0.25) is 0 Å². The lowest BCUT2D eigenvalue weighted by Gasteiger charge is -2.07. The van der Waals surface area contributed by atoms with Crippen LogP contribution in [0.25, 0.3) is 16.9 Å². The minimum atomic E-state index is -3.38. The van der Waals surface area contributed by atoms with Crippen molar-refractivity contribution < 1.29 is 13.5 Å². The number of aromatic hydroxyl groups is 1. The third-order valence-electron chi connectivity index (χ3n) is 3.98. The summed E-state index contributed by atoms with van der Waals surface area (Å²) in [5.41, 5.74) is 2.68. The highest BCUT2D eigenvalue weighted by atomic mass is 32.2. The normalized spacial score (nSPS) is 11.3. The summed E-state index contributed by atoms with van der Waals surface area (Å²) in [6.07, 6.45) is 1.12. The van der Waals surface area contributed by atoms with E-state index in [2.05, 4.69) is 10.1 Å². The Labute approximate surface area is 151 Å². The molecule has 26 heavy (non-hydrogen) atoms. The second kappa shape index (κ2) is 6.28. The minimum absolute atomic E-state index is 0.105. The first-order valence-electron chi connectivity index (χ1n) is 7.69. The number of nitrogens with zero attached hydrogens (tertiary/aromatic N) is 4. The third-order valence-corrected chi connectivity index (χ3v) is 5.21. The van der Waals surface area contributed by atoms with E-state index >= 15 is 0 Å². The molecule has 0 aliphatic heterocycles. The molecule has 0 radical (unpaired) electrons. The van der Waals surface area contributed by atoms with E-state index in [0.717, 1.165) is 11.8 Å². The number of pyridine rings is 1. The Hall–Kier alpha value is -3.18. The Morgan fingerprint density at radius 3 is 2.27 bits per heavy atom. The van der Waals surface area contributed by atoms with Crippen molar-refractivity contribution >= 4 is 9.84 Å². The van der Waals surface area contributed by atoms with Gasteiger partial charge in [-0.2, -0.15) is 15.0 Å². The third kappa shape index (κ3) is 3.05. The summed E-state index contributed by atoms with van der Waals surface area (Å²) in [5, 5.41) is 23.9. The van der Waals surface area contributed by atoms with Gasteiger partial charge in [-0.05, 0) is 43.7 Å². The topological polar surface area (TPSA) is 109 Å². The van der Waals surface area contributed by atoms with E-state index in [0.29, 0.717) is 28.3 Å². The number of aromatic nitrogens is 3. The molecule has 132 valence electrons. The molecule has 2 heterocycles. The molecule has 0 atom stereocenters. The first kappa shape index (κ1) is 17.6. The van der Waals surface area contributed by atoms with Crippen LogP contribution in [0.4, 0.5) is 0 Å². The number of aryl methyl sites for hydroxylation is 2. The number of sulfone groups is 1. The Bertz CT molecular complexity index is 1140. The summed E-state index contributed by atoms with van der Waals surface area (Å²) in [5.74, 6) is 0.210. The summed E-state index contributed by atoms with van der Waals surface area (Å²) in [6, 6.07) is 11.8. The zero-order valence-electron chi connectivity index (χ0n) is 14.4. The van der Waals surface area contributed by atoms with Gasteiger partial charge in [-0.15, -0.1) is 0 Å². The summed E-state index contributed by atoms with van der Waals surface area (Å²) >= 11 is 0. The Morgan fingerprint density at radius 1 is 1.08 bits per heavy atom. The smallest absolute Gasteiger partial charge is 0.223 e. The molecule has 0 aliphatic carbocycles. The van der Waals surface area contributed by atoms with Crippen LogP contribution in [0.1, 0.15) is 17.0 Å². The second-order valence-corrected chi connectivity index (χ2v) is 7.89. The molecular formula is C18H16N4O3S. The van der Waals surface area contributed by atoms with Crippen molar-refractivity contribution in [3.8, 4) is 28.9 Å². The Balaban J connectivity index is 2.11. The molecular weight excluding hydrogens is 352 g/mol. The fraction of sp³-hybridized carbons (Fsp3) is 0.167. The minimum Gasteiger partial charge on any atom is -0.493 e. The first-order chi connectivity index (χ1) is 12.2. The zero-order valence-corrected chi connectivity index (χ0v) is 15.2. The molecule has 3 rings (SSSR count). The van der Waals surface area contributed by atoms with Crippen molar-refractivity contribution in [1.29, 1.82) is 5.26 Å². The van der Waals surface area contributed by atoms with E-state index in [4.69, 9.17) is 5.26 Å². The molecule has 0 fully saturated rings. The quantitative estimate of drug-likeness (QED) is 0.761. The lowest BCUT2D eigenvalue weighted by atomic mass is 10.0. The average Bonchev–Trinajstić information content (AvgIpc) is 2.88. The SMILES string of the molecule is Cc1nc(-n2nc(C)c(-c3ccc(C#N)cc3)c2O)ccc1S(C)(=O)=O. The van der Waals surface area contributed by atoms with Crippen LogP contribution in [0.5, 0.6) is 5.88 Å². The molecule has 0 bridgehead atoms. The molecule has 0 amide bonds. The molecule has 1 aromatic carbocycles. The molecule has 0 aliphatic rings. The van der Waals surface area contributed by atoms with E-state index in [-0.39, 0.29) is 10.8 Å². The van der Waals surface area contributed by atoms with Gasteiger partial charge in [0.15, 0.2) is 15.7 Å². The van der Waals surface area contributed by atoms with Crippen LogP contribution in [0.15, 0.2) is 41.3 Å². The van der Waals surface area contributed by atoms with Gasteiger partial charge in [0.1, 0.15) is 0 Å². The van der Waals surface area contributed by atoms with Crippen molar-refractivity contribution in [3.63, 3.8) is 0 Å². The van der Waals surface area contributed by atoms with Gasteiger partial charge in [-0.25, -0.2) is 13.4 Å². The van der Waals surface area contributed by atoms with Crippen LogP contribution in [0, 0.1) is 25.2 Å². The van der Waals surface area contributed by atoms with E-state index in [9.17, 15) is 13.5 Å². The molecule has 2 aromatic heterocycles. The summed E-state index contributed by atoms with van der Waals surface area (Å²) in [6.45, 7) is 3.34. The van der Waals surface area contributed by atoms with E-state index < -0.39 is 9.84 Å². The predicted molar refractivity (Wildman–Crippen MR) is 95.8 cm³/mol. The van der Waals surface area contributed by atoms with E-state index in [1.807, 2.05) is 6.07 Å².